The molecule has 2 rings (SSSR count). The summed E-state index contributed by atoms with van der Waals surface area (Å²) in [6.07, 6.45) is 13.9. The van der Waals surface area contributed by atoms with Crippen molar-refractivity contribution in [3.05, 3.63) is 48.7 Å². The Morgan fingerprint density at radius 2 is 1.29 bits per heavy atom. The van der Waals surface area contributed by atoms with Gasteiger partial charge in [-0.3, -0.25) is 0 Å². The molecular weight excluding hydrogens is 428 g/mol. The van der Waals surface area contributed by atoms with Gasteiger partial charge < -0.3 is 9.47 Å². The molecular formula is C13H20Ar6O2. The normalized spacial score (nSPS) is 11.3. The van der Waals surface area contributed by atoms with Gasteiger partial charge in [-0.1, -0.05) is 19.9 Å². The molecule has 0 spiro atoms. The molecule has 2 aliphatic heterocycles. The molecule has 0 aliphatic carbocycles. The molecule has 0 radical (unpaired) electrons. The van der Waals surface area contributed by atoms with Crippen LogP contribution in [0.4, 0.5) is 0 Å². The number of hydrogen-bond acceptors (Lipinski definition) is 2. The first-order valence-electron chi connectivity index (χ1n) is 5.29. The molecule has 0 bridgehead atoms. The molecule has 0 saturated heterocycles. The van der Waals surface area contributed by atoms with E-state index in [4.69, 9.17) is 9.47 Å². The fraction of sp³-hybridized carbons (Fsp3) is 0.385. The average Bonchev–Trinajstić information content (AvgIpc) is 2.36. The fourth-order valence-electron chi connectivity index (χ4n) is 0.833. The zero-order chi connectivity index (χ0) is 11.4. The zero-order valence-electron chi connectivity index (χ0n) is 11.9. The molecule has 0 aromatic heterocycles. The summed E-state index contributed by atoms with van der Waals surface area (Å²) in [4.78, 5) is 0. The molecule has 21 heavy (non-hydrogen) atoms. The van der Waals surface area contributed by atoms with E-state index >= 15 is 0 Å². The molecule has 0 aromatic carbocycles. The van der Waals surface area contributed by atoms with Gasteiger partial charge in [0.05, 0.1) is 18.8 Å². The van der Waals surface area contributed by atoms with Crippen LogP contribution in [0, 0.1) is 226 Å². The molecule has 2 nitrogen and oxygen atoms in total. The van der Waals surface area contributed by atoms with Crippen LogP contribution in [0.1, 0.15) is 27.2 Å². The van der Waals surface area contributed by atoms with Crippen molar-refractivity contribution in [1.29, 1.82) is 0 Å². The van der Waals surface area contributed by atoms with E-state index in [2.05, 4.69) is 0 Å². The molecule has 0 amide bonds. The Hall–Kier alpha value is 6.12. The topological polar surface area (TPSA) is 18.5 Å². The minimum Gasteiger partial charge on any atom is -0.497 e. The predicted molar refractivity (Wildman–Crippen MR) is 64.2 cm³/mol. The minimum absolute atomic E-state index is 0. The van der Waals surface area contributed by atoms with Crippen LogP contribution in [0.15, 0.2) is 48.7 Å². The van der Waals surface area contributed by atoms with E-state index < -0.39 is 0 Å². The van der Waals surface area contributed by atoms with Gasteiger partial charge in [-0.25, -0.2) is 0 Å². The Morgan fingerprint density at radius 1 is 0.810 bits per heavy atom. The summed E-state index contributed by atoms with van der Waals surface area (Å²) < 4.78 is 9.64. The summed E-state index contributed by atoms with van der Waals surface area (Å²) in [6.45, 7) is 6.81. The van der Waals surface area contributed by atoms with Crippen molar-refractivity contribution >= 4 is 0 Å². The van der Waals surface area contributed by atoms with Crippen molar-refractivity contribution in [2.45, 2.75) is 27.2 Å². The quantitative estimate of drug-likeness (QED) is 0.560. The fourth-order valence-corrected chi connectivity index (χ4v) is 0.833. The molecule has 2 heterocycles. The first kappa shape index (κ1) is 45.7. The van der Waals surface area contributed by atoms with Crippen molar-refractivity contribution < 1.29 is 236 Å². The maximum atomic E-state index is 4.93. The van der Waals surface area contributed by atoms with Crippen molar-refractivity contribution in [2.75, 3.05) is 6.61 Å². The summed E-state index contributed by atoms with van der Waals surface area (Å²) in [5.41, 5.74) is 1.28. The SMILES string of the molecule is C1=COC=CC1.CC.CC1=CC=COC1.[Ar].[Ar].[Ar].[Ar].[Ar].[Ar]. The van der Waals surface area contributed by atoms with Gasteiger partial charge in [0.25, 0.3) is 0 Å². The number of hydrogen-bond donors (Lipinski definition) is 0. The number of rotatable bonds is 0. The average molecular weight is 448 g/mol. The maximum Gasteiger partial charge on any atom is 0.108 e. The van der Waals surface area contributed by atoms with Crippen LogP contribution in [-0.4, -0.2) is 6.61 Å². The largest absolute Gasteiger partial charge is 0.497 e. The Morgan fingerprint density at radius 3 is 1.43 bits per heavy atom. The summed E-state index contributed by atoms with van der Waals surface area (Å²) >= 11 is 0. The van der Waals surface area contributed by atoms with Gasteiger partial charge in [-0.15, -0.1) is 0 Å². The van der Waals surface area contributed by atoms with Crippen LogP contribution in [0.25, 0.3) is 0 Å². The third-order valence-corrected chi connectivity index (χ3v) is 1.49. The monoisotopic (exact) mass is 448 g/mol. The van der Waals surface area contributed by atoms with Crippen LogP contribution in [0.5, 0.6) is 0 Å². The predicted octanol–water partition coefficient (Wildman–Crippen LogP) is 3.94. The molecule has 2 aliphatic rings. The molecule has 0 N–H and O–H groups in total. The van der Waals surface area contributed by atoms with Gasteiger partial charge in [0.2, 0.25) is 0 Å². The first-order chi connectivity index (χ1) is 7.39. The Balaban J connectivity index is -0.0000000267. The summed E-state index contributed by atoms with van der Waals surface area (Å²) in [7, 11) is 0. The van der Waals surface area contributed by atoms with E-state index in [1.165, 1.54) is 5.57 Å². The van der Waals surface area contributed by atoms with Crippen molar-refractivity contribution in [3.63, 3.8) is 0 Å². The van der Waals surface area contributed by atoms with E-state index in [1.807, 2.05) is 45.1 Å². The van der Waals surface area contributed by atoms with Crippen molar-refractivity contribution in [3.8, 4) is 0 Å². The summed E-state index contributed by atoms with van der Waals surface area (Å²) in [5, 5.41) is 0. The van der Waals surface area contributed by atoms with E-state index in [0.717, 1.165) is 13.0 Å². The Bertz CT molecular complexity index is 245. The molecule has 0 atom stereocenters. The number of allylic oxidation sites excluding steroid dienone is 4. The van der Waals surface area contributed by atoms with Gasteiger partial charge in [0, 0.05) is 226 Å². The minimum atomic E-state index is 0. The van der Waals surface area contributed by atoms with E-state index in [1.54, 1.807) is 18.8 Å². The molecule has 8 heteroatoms. The third kappa shape index (κ3) is 37.5. The maximum absolute atomic E-state index is 4.93. The second-order valence-corrected chi connectivity index (χ2v) is 2.77. The van der Waals surface area contributed by atoms with Crippen LogP contribution >= 0.6 is 0 Å². The van der Waals surface area contributed by atoms with Crippen LogP contribution in [-0.2, 0) is 9.47 Å². The van der Waals surface area contributed by atoms with Gasteiger partial charge in [-0.2, -0.15) is 0 Å². The third-order valence-electron chi connectivity index (χ3n) is 1.49. The van der Waals surface area contributed by atoms with Gasteiger partial charge >= 0.3 is 0 Å². The van der Waals surface area contributed by atoms with Gasteiger partial charge in [0.15, 0.2) is 0 Å². The van der Waals surface area contributed by atoms with Crippen LogP contribution in [0.3, 0.4) is 0 Å². The Kier molecular flexibility index (Phi) is 88.6. The summed E-state index contributed by atoms with van der Waals surface area (Å²) in [5.74, 6) is 0. The zero-order valence-corrected chi connectivity index (χ0v) is 16.1. The van der Waals surface area contributed by atoms with Gasteiger partial charge in [0.1, 0.15) is 6.61 Å². The van der Waals surface area contributed by atoms with E-state index in [-0.39, 0.29) is 226 Å². The molecule has 0 saturated carbocycles. The smallest absolute Gasteiger partial charge is 0.108 e. The second kappa shape index (κ2) is 40.7. The Labute approximate surface area is 309 Å². The standard InChI is InChI=1S/C6H8O.C5H6O.C2H6.6Ar/c1-6-3-2-4-7-5-6;1-2-4-6-5-3-1;1-2;;;;;;/h2-4H,5H2,1H3;2-5H,1H2;1-2H3;;;;;;. The molecule has 0 aromatic rings. The first-order valence-corrected chi connectivity index (χ1v) is 5.29. The molecule has 0 fully saturated rings. The second-order valence-electron chi connectivity index (χ2n) is 2.77. The summed E-state index contributed by atoms with van der Waals surface area (Å²) in [6, 6.07) is 0. The molecule has 0 unspecified atom stereocenters. The van der Waals surface area contributed by atoms with Crippen LogP contribution in [0.2, 0.25) is 0 Å². The van der Waals surface area contributed by atoms with Crippen molar-refractivity contribution in [2.24, 2.45) is 0 Å². The molecule has 132 valence electrons. The van der Waals surface area contributed by atoms with Crippen LogP contribution < -0.4 is 0 Å². The number of ether oxygens (including phenoxy) is 2. The van der Waals surface area contributed by atoms with E-state index in [0.29, 0.717) is 0 Å². The van der Waals surface area contributed by atoms with Gasteiger partial charge in [-0.05, 0) is 37.1 Å². The van der Waals surface area contributed by atoms with Crippen molar-refractivity contribution in [1.82, 2.24) is 0 Å². The van der Waals surface area contributed by atoms with E-state index in [9.17, 15) is 0 Å².